The minimum absolute atomic E-state index is 0.00368. The maximum atomic E-state index is 12.1. The minimum Gasteiger partial charge on any atom is -0.398 e. The van der Waals surface area contributed by atoms with Crippen molar-refractivity contribution < 1.29 is 16.8 Å². The van der Waals surface area contributed by atoms with Crippen LogP contribution in [0, 0.1) is 0 Å². The number of nitrogens with two attached hydrogens (primary N) is 1. The minimum atomic E-state index is -3.84. The molecule has 1 aromatic carbocycles. The van der Waals surface area contributed by atoms with E-state index in [2.05, 4.69) is 4.72 Å². The number of sulfone groups is 1. The zero-order valence-electron chi connectivity index (χ0n) is 9.84. The van der Waals surface area contributed by atoms with Gasteiger partial charge in [-0.1, -0.05) is 11.6 Å². The van der Waals surface area contributed by atoms with E-state index in [1.54, 1.807) is 0 Å². The molecule has 3 N–H and O–H groups in total. The number of hydrogen-bond acceptors (Lipinski definition) is 5. The van der Waals surface area contributed by atoms with E-state index in [0.29, 0.717) is 5.02 Å². The molecular formula is C10H13ClN2O4S2. The third-order valence-electron chi connectivity index (χ3n) is 2.82. The predicted octanol–water partition coefficient (Wildman–Crippen LogP) is 0.388. The Labute approximate surface area is 116 Å². The number of hydrogen-bond donors (Lipinski definition) is 2. The fourth-order valence-electron chi connectivity index (χ4n) is 1.93. The molecule has 1 atom stereocenters. The third kappa shape index (κ3) is 3.38. The molecule has 2 rings (SSSR count). The van der Waals surface area contributed by atoms with E-state index >= 15 is 0 Å². The molecule has 0 saturated carbocycles. The average molecular weight is 325 g/mol. The molecule has 0 aliphatic carbocycles. The highest BCUT2D eigenvalue weighted by Gasteiger charge is 2.31. The Morgan fingerprint density at radius 1 is 1.37 bits per heavy atom. The molecule has 19 heavy (non-hydrogen) atoms. The summed E-state index contributed by atoms with van der Waals surface area (Å²) in [4.78, 5) is -0.0961. The summed E-state index contributed by atoms with van der Waals surface area (Å²) in [6.45, 7) is 0. The lowest BCUT2D eigenvalue weighted by Crippen LogP contribution is -2.35. The van der Waals surface area contributed by atoms with Gasteiger partial charge in [0.05, 0.1) is 17.2 Å². The molecule has 1 aliphatic heterocycles. The summed E-state index contributed by atoms with van der Waals surface area (Å²) in [6.07, 6.45) is 0.273. The van der Waals surface area contributed by atoms with Crippen LogP contribution in [0.25, 0.3) is 0 Å². The Bertz CT molecular complexity index is 700. The molecule has 1 aliphatic rings. The maximum absolute atomic E-state index is 12.1. The Balaban J connectivity index is 2.24. The summed E-state index contributed by atoms with van der Waals surface area (Å²) in [5.41, 5.74) is 5.64. The number of sulfonamides is 1. The van der Waals surface area contributed by atoms with Crippen LogP contribution in [0.1, 0.15) is 6.42 Å². The molecule has 1 aromatic rings. The van der Waals surface area contributed by atoms with E-state index in [-0.39, 0.29) is 28.5 Å². The standard InChI is InChI=1S/C10H13ClN2O4S2/c11-7-1-2-10(9(12)5-7)19(16,17)13-8-3-4-18(14,15)6-8/h1-2,5,8,13H,3-4,6,12H2. The van der Waals surface area contributed by atoms with Gasteiger partial charge in [-0.15, -0.1) is 0 Å². The van der Waals surface area contributed by atoms with Gasteiger partial charge in [-0.2, -0.15) is 0 Å². The summed E-state index contributed by atoms with van der Waals surface area (Å²) in [6, 6.07) is 3.44. The molecule has 9 heteroatoms. The highest BCUT2D eigenvalue weighted by atomic mass is 35.5. The van der Waals surface area contributed by atoms with Gasteiger partial charge >= 0.3 is 0 Å². The van der Waals surface area contributed by atoms with Crippen molar-refractivity contribution in [2.45, 2.75) is 17.4 Å². The molecule has 106 valence electrons. The fourth-order valence-corrected chi connectivity index (χ4v) is 5.28. The van der Waals surface area contributed by atoms with E-state index in [1.807, 2.05) is 0 Å². The van der Waals surface area contributed by atoms with Crippen molar-refractivity contribution >= 4 is 37.1 Å². The van der Waals surface area contributed by atoms with Gasteiger partial charge in [-0.3, -0.25) is 0 Å². The molecule has 6 nitrogen and oxygen atoms in total. The zero-order chi connectivity index (χ0) is 14.3. The fraction of sp³-hybridized carbons (Fsp3) is 0.400. The second kappa shape index (κ2) is 4.93. The molecule has 1 fully saturated rings. The van der Waals surface area contributed by atoms with Crippen LogP contribution in [0.3, 0.4) is 0 Å². The lowest BCUT2D eigenvalue weighted by Gasteiger charge is -2.13. The molecule has 0 bridgehead atoms. The molecule has 0 amide bonds. The highest BCUT2D eigenvalue weighted by Crippen LogP contribution is 2.23. The first-order valence-electron chi connectivity index (χ1n) is 5.47. The Hall–Kier alpha value is -0.830. The maximum Gasteiger partial charge on any atom is 0.242 e. The highest BCUT2D eigenvalue weighted by molar-refractivity contribution is 7.92. The van der Waals surface area contributed by atoms with Crippen molar-refractivity contribution in [3.8, 4) is 0 Å². The van der Waals surface area contributed by atoms with Crippen LogP contribution in [-0.4, -0.2) is 34.4 Å². The van der Waals surface area contributed by atoms with Crippen LogP contribution in [0.15, 0.2) is 23.1 Å². The van der Waals surface area contributed by atoms with E-state index in [1.165, 1.54) is 18.2 Å². The van der Waals surface area contributed by atoms with Gasteiger partial charge in [0.15, 0.2) is 9.84 Å². The van der Waals surface area contributed by atoms with Crippen LogP contribution in [0.5, 0.6) is 0 Å². The summed E-state index contributed by atoms with van der Waals surface area (Å²) in [5.74, 6) is -0.185. The molecule has 0 aromatic heterocycles. The third-order valence-corrected chi connectivity index (χ3v) is 6.41. The summed E-state index contributed by atoms with van der Waals surface area (Å²) >= 11 is 5.70. The first kappa shape index (κ1) is 14.6. The molecule has 1 heterocycles. The quantitative estimate of drug-likeness (QED) is 0.782. The molecule has 0 spiro atoms. The van der Waals surface area contributed by atoms with E-state index < -0.39 is 25.9 Å². The van der Waals surface area contributed by atoms with Crippen molar-refractivity contribution in [3.05, 3.63) is 23.2 Å². The van der Waals surface area contributed by atoms with Crippen molar-refractivity contribution in [1.82, 2.24) is 4.72 Å². The van der Waals surface area contributed by atoms with Gasteiger partial charge in [-0.05, 0) is 24.6 Å². The molecular weight excluding hydrogens is 312 g/mol. The Kier molecular flexibility index (Phi) is 3.78. The van der Waals surface area contributed by atoms with Crippen LogP contribution in [0.4, 0.5) is 5.69 Å². The number of rotatable bonds is 3. The second-order valence-corrected chi connectivity index (χ2v) is 8.75. The van der Waals surface area contributed by atoms with Crippen LogP contribution < -0.4 is 10.5 Å². The summed E-state index contributed by atoms with van der Waals surface area (Å²) in [5, 5.41) is 0.333. The van der Waals surface area contributed by atoms with Gasteiger partial charge in [0.25, 0.3) is 0 Å². The lowest BCUT2D eigenvalue weighted by molar-refractivity contribution is 0.563. The monoisotopic (exact) mass is 324 g/mol. The second-order valence-electron chi connectivity index (χ2n) is 4.40. The number of nitrogens with one attached hydrogen (secondary N) is 1. The lowest BCUT2D eigenvalue weighted by atomic mass is 10.3. The first-order chi connectivity index (χ1) is 8.70. The SMILES string of the molecule is Nc1cc(Cl)ccc1S(=O)(=O)NC1CCS(=O)(=O)C1. The van der Waals surface area contributed by atoms with Crippen LogP contribution in [-0.2, 0) is 19.9 Å². The van der Waals surface area contributed by atoms with Crippen molar-refractivity contribution in [2.75, 3.05) is 17.2 Å². The van der Waals surface area contributed by atoms with E-state index in [0.717, 1.165) is 0 Å². The van der Waals surface area contributed by atoms with E-state index in [9.17, 15) is 16.8 Å². The van der Waals surface area contributed by atoms with Gasteiger partial charge in [0, 0.05) is 11.1 Å². The predicted molar refractivity (Wildman–Crippen MR) is 73.2 cm³/mol. The van der Waals surface area contributed by atoms with Crippen molar-refractivity contribution in [2.24, 2.45) is 0 Å². The van der Waals surface area contributed by atoms with Crippen molar-refractivity contribution in [3.63, 3.8) is 0 Å². The topological polar surface area (TPSA) is 106 Å². The first-order valence-corrected chi connectivity index (χ1v) is 9.16. The number of halogens is 1. The van der Waals surface area contributed by atoms with Gasteiger partial charge in [-0.25, -0.2) is 21.6 Å². The van der Waals surface area contributed by atoms with Gasteiger partial charge in [0.1, 0.15) is 4.90 Å². The zero-order valence-corrected chi connectivity index (χ0v) is 12.2. The van der Waals surface area contributed by atoms with E-state index in [4.69, 9.17) is 17.3 Å². The van der Waals surface area contributed by atoms with Crippen LogP contribution >= 0.6 is 11.6 Å². The summed E-state index contributed by atoms with van der Waals surface area (Å²) < 4.78 is 49.2. The Morgan fingerprint density at radius 3 is 2.58 bits per heavy atom. The number of benzene rings is 1. The van der Waals surface area contributed by atoms with Crippen LogP contribution in [0.2, 0.25) is 5.02 Å². The normalized spacial score (nSPS) is 22.5. The Morgan fingerprint density at radius 2 is 2.05 bits per heavy atom. The average Bonchev–Trinajstić information content (AvgIpc) is 2.56. The summed E-state index contributed by atoms with van der Waals surface area (Å²) in [7, 11) is -6.99. The van der Waals surface area contributed by atoms with Crippen molar-refractivity contribution in [1.29, 1.82) is 0 Å². The number of anilines is 1. The molecule has 1 saturated heterocycles. The largest absolute Gasteiger partial charge is 0.398 e. The van der Waals surface area contributed by atoms with Gasteiger partial charge < -0.3 is 5.73 Å². The smallest absolute Gasteiger partial charge is 0.242 e. The number of nitrogen functional groups attached to an aromatic ring is 1. The van der Waals surface area contributed by atoms with Gasteiger partial charge in [0.2, 0.25) is 10.0 Å². The molecule has 0 radical (unpaired) electrons. The molecule has 1 unspecified atom stereocenters.